The summed E-state index contributed by atoms with van der Waals surface area (Å²) in [6, 6.07) is 9.55. The zero-order valence-corrected chi connectivity index (χ0v) is 15.6. The molecule has 1 fully saturated rings. The highest BCUT2D eigenvalue weighted by atomic mass is 16.6. The van der Waals surface area contributed by atoms with E-state index in [1.807, 2.05) is 64.1 Å². The van der Waals surface area contributed by atoms with Crippen LogP contribution >= 0.6 is 0 Å². The van der Waals surface area contributed by atoms with Crippen molar-refractivity contribution in [3.63, 3.8) is 0 Å². The second-order valence-electron chi connectivity index (χ2n) is 6.89. The minimum absolute atomic E-state index is 0.186. The molecule has 1 amide bonds. The Kier molecular flexibility index (Phi) is 8.75. The summed E-state index contributed by atoms with van der Waals surface area (Å²) < 4.78 is 9.85. The summed E-state index contributed by atoms with van der Waals surface area (Å²) >= 11 is 0. The van der Waals surface area contributed by atoms with Crippen LogP contribution in [0, 0.1) is 5.92 Å². The smallest absolute Gasteiger partial charge is 0.410 e. The van der Waals surface area contributed by atoms with Crippen molar-refractivity contribution in [1.82, 2.24) is 4.90 Å². The number of hydrogen-bond donors (Lipinski definition) is 0. The highest BCUT2D eigenvalue weighted by Gasteiger charge is 2.28. The summed E-state index contributed by atoms with van der Waals surface area (Å²) in [5.74, 6) is 0.502. The van der Waals surface area contributed by atoms with E-state index in [9.17, 15) is 9.59 Å². The molecule has 1 unspecified atom stereocenters. The van der Waals surface area contributed by atoms with Gasteiger partial charge in [-0.2, -0.15) is 0 Å². The number of nitrogens with zero attached hydrogens (tertiary/aromatic N) is 1. The van der Waals surface area contributed by atoms with Crippen molar-refractivity contribution in [3.05, 3.63) is 48.0 Å². The van der Waals surface area contributed by atoms with Crippen molar-refractivity contribution in [2.75, 3.05) is 13.1 Å². The predicted molar refractivity (Wildman–Crippen MR) is 98.0 cm³/mol. The van der Waals surface area contributed by atoms with Crippen LogP contribution in [0.4, 0.5) is 4.79 Å². The van der Waals surface area contributed by atoms with Crippen LogP contribution in [0.1, 0.15) is 39.7 Å². The maximum Gasteiger partial charge on any atom is 0.410 e. The molecular formula is C20H29NO4. The van der Waals surface area contributed by atoms with Gasteiger partial charge in [0.05, 0.1) is 0 Å². The average molecular weight is 347 g/mol. The van der Waals surface area contributed by atoms with E-state index in [1.54, 1.807) is 4.90 Å². The Morgan fingerprint density at radius 2 is 1.96 bits per heavy atom. The van der Waals surface area contributed by atoms with Gasteiger partial charge in [0.25, 0.3) is 6.47 Å². The van der Waals surface area contributed by atoms with Crippen molar-refractivity contribution >= 4 is 12.6 Å². The molecule has 1 saturated heterocycles. The molecule has 0 bridgehead atoms. The lowest BCUT2D eigenvalue weighted by Gasteiger charge is -2.24. The third kappa shape index (κ3) is 8.94. The maximum absolute atomic E-state index is 11.7. The molecule has 138 valence electrons. The molecule has 1 aromatic rings. The van der Waals surface area contributed by atoms with Gasteiger partial charge in [0.2, 0.25) is 0 Å². The quantitative estimate of drug-likeness (QED) is 0.606. The first-order chi connectivity index (χ1) is 11.9. The van der Waals surface area contributed by atoms with Crippen LogP contribution in [0.3, 0.4) is 0 Å². The third-order valence-corrected chi connectivity index (χ3v) is 3.50. The van der Waals surface area contributed by atoms with Crippen molar-refractivity contribution < 1.29 is 19.1 Å². The lowest BCUT2D eigenvalue weighted by molar-refractivity contribution is -0.129. The summed E-state index contributed by atoms with van der Waals surface area (Å²) in [4.78, 5) is 23.2. The van der Waals surface area contributed by atoms with E-state index in [-0.39, 0.29) is 6.09 Å². The van der Waals surface area contributed by atoms with Crippen molar-refractivity contribution in [3.8, 4) is 0 Å². The third-order valence-electron chi connectivity index (χ3n) is 3.50. The Balaban J connectivity index is 0.000000271. The highest BCUT2D eigenvalue weighted by Crippen LogP contribution is 2.20. The van der Waals surface area contributed by atoms with Gasteiger partial charge in [0.1, 0.15) is 12.2 Å². The van der Waals surface area contributed by atoms with Gasteiger partial charge < -0.3 is 14.4 Å². The fourth-order valence-electron chi connectivity index (χ4n) is 2.41. The predicted octanol–water partition coefficient (Wildman–Crippen LogP) is 4.18. The molecule has 1 heterocycles. The van der Waals surface area contributed by atoms with Gasteiger partial charge in [-0.3, -0.25) is 4.79 Å². The van der Waals surface area contributed by atoms with Crippen molar-refractivity contribution in [1.29, 1.82) is 0 Å². The standard InChI is InChI=1S/C12H21NO2.C8H8O2/c1-5-6-10-7-8-13(9-10)11(14)15-12(2,3)4;9-7-10-6-8-4-2-1-3-5-8/h5-6,10H,7-9H2,1-4H3;1-5,7H,6H2/b6-5+;. The van der Waals surface area contributed by atoms with Crippen molar-refractivity contribution in [2.45, 2.75) is 46.3 Å². The molecule has 5 heteroatoms. The van der Waals surface area contributed by atoms with E-state index in [4.69, 9.17) is 4.74 Å². The van der Waals surface area contributed by atoms with E-state index in [1.165, 1.54) is 0 Å². The van der Waals surface area contributed by atoms with Gasteiger partial charge in [0, 0.05) is 13.1 Å². The Morgan fingerprint density at radius 3 is 2.52 bits per heavy atom. The van der Waals surface area contributed by atoms with Gasteiger partial charge in [-0.15, -0.1) is 0 Å². The zero-order valence-electron chi connectivity index (χ0n) is 15.6. The SMILES string of the molecule is C/C=C/C1CCN(C(=O)OC(C)(C)C)C1.O=COCc1ccccc1. The summed E-state index contributed by atoms with van der Waals surface area (Å²) in [7, 11) is 0. The number of carbonyl (C=O) groups is 2. The van der Waals surface area contributed by atoms with E-state index in [2.05, 4.69) is 10.8 Å². The first-order valence-electron chi connectivity index (χ1n) is 8.55. The van der Waals surface area contributed by atoms with Crippen LogP contribution in [-0.2, 0) is 20.9 Å². The average Bonchev–Trinajstić information content (AvgIpc) is 3.02. The Bertz CT molecular complexity index is 549. The minimum atomic E-state index is -0.393. The first kappa shape index (κ1) is 20.7. The second-order valence-corrected chi connectivity index (χ2v) is 6.89. The monoisotopic (exact) mass is 347 g/mol. The molecule has 0 saturated carbocycles. The van der Waals surface area contributed by atoms with E-state index in [0.29, 0.717) is 19.0 Å². The molecule has 1 aromatic carbocycles. The fraction of sp³-hybridized carbons (Fsp3) is 0.500. The van der Waals surface area contributed by atoms with Crippen molar-refractivity contribution in [2.24, 2.45) is 5.92 Å². The molecule has 0 N–H and O–H groups in total. The van der Waals surface area contributed by atoms with Gasteiger partial charge in [-0.25, -0.2) is 4.79 Å². The topological polar surface area (TPSA) is 55.8 Å². The maximum atomic E-state index is 11.7. The number of ether oxygens (including phenoxy) is 2. The van der Waals surface area contributed by atoms with Crippen LogP contribution in [-0.4, -0.2) is 36.2 Å². The Hall–Kier alpha value is -2.30. The van der Waals surface area contributed by atoms with Gasteiger partial charge in [0.15, 0.2) is 0 Å². The fourth-order valence-corrected chi connectivity index (χ4v) is 2.41. The minimum Gasteiger partial charge on any atom is -0.463 e. The largest absolute Gasteiger partial charge is 0.463 e. The number of rotatable bonds is 4. The lowest BCUT2D eigenvalue weighted by Crippen LogP contribution is -2.35. The molecule has 0 spiro atoms. The molecule has 2 rings (SSSR count). The molecular weight excluding hydrogens is 318 g/mol. The molecule has 1 aliphatic rings. The van der Waals surface area contributed by atoms with Crippen LogP contribution in [0.15, 0.2) is 42.5 Å². The summed E-state index contributed by atoms with van der Waals surface area (Å²) in [6.45, 7) is 10.1. The van der Waals surface area contributed by atoms with E-state index >= 15 is 0 Å². The van der Waals surface area contributed by atoms with Gasteiger partial charge in [-0.05, 0) is 45.6 Å². The number of amides is 1. The molecule has 25 heavy (non-hydrogen) atoms. The van der Waals surface area contributed by atoms with E-state index in [0.717, 1.165) is 25.1 Å². The van der Waals surface area contributed by atoms with Crippen LogP contribution in [0.25, 0.3) is 0 Å². The van der Waals surface area contributed by atoms with Crippen LogP contribution in [0.5, 0.6) is 0 Å². The summed E-state index contributed by atoms with van der Waals surface area (Å²) in [5.41, 5.74) is 0.616. The second kappa shape index (κ2) is 10.5. The molecule has 0 aliphatic carbocycles. The molecule has 1 aliphatic heterocycles. The zero-order chi connectivity index (χ0) is 18.7. The van der Waals surface area contributed by atoms with Crippen LogP contribution in [0.2, 0.25) is 0 Å². The summed E-state index contributed by atoms with van der Waals surface area (Å²) in [6.07, 6.45) is 5.06. The molecule has 0 radical (unpaired) electrons. The number of hydrogen-bond acceptors (Lipinski definition) is 4. The van der Waals surface area contributed by atoms with Crippen LogP contribution < -0.4 is 0 Å². The van der Waals surface area contributed by atoms with Gasteiger partial charge in [-0.1, -0.05) is 42.5 Å². The van der Waals surface area contributed by atoms with Gasteiger partial charge >= 0.3 is 6.09 Å². The highest BCUT2D eigenvalue weighted by molar-refractivity contribution is 5.68. The lowest BCUT2D eigenvalue weighted by atomic mass is 10.1. The molecule has 5 nitrogen and oxygen atoms in total. The molecule has 1 atom stereocenters. The number of benzene rings is 1. The Morgan fingerprint density at radius 1 is 1.28 bits per heavy atom. The normalized spacial score (nSPS) is 17.0. The number of allylic oxidation sites excluding steroid dienone is 1. The van der Waals surface area contributed by atoms with E-state index < -0.39 is 5.60 Å². The Labute approximate surface area is 150 Å². The molecule has 0 aromatic heterocycles. The summed E-state index contributed by atoms with van der Waals surface area (Å²) in [5, 5.41) is 0. The number of likely N-dealkylation sites (tertiary alicyclic amines) is 1. The first-order valence-corrected chi connectivity index (χ1v) is 8.55. The number of carbonyl (C=O) groups excluding carboxylic acids is 2.